The number of benzene rings is 1. The van der Waals surface area contributed by atoms with E-state index < -0.39 is 28.0 Å². The molecule has 0 radical (unpaired) electrons. The lowest BCUT2D eigenvalue weighted by Gasteiger charge is -2.33. The quantitative estimate of drug-likeness (QED) is 0.527. The molecule has 1 saturated heterocycles. The lowest BCUT2D eigenvalue weighted by atomic mass is 10.2. The molecule has 2 aromatic rings. The minimum atomic E-state index is -3.79. The molecule has 1 aliphatic heterocycles. The maximum absolute atomic E-state index is 13.0. The van der Waals surface area contributed by atoms with Gasteiger partial charge in [-0.25, -0.2) is 18.0 Å². The van der Waals surface area contributed by atoms with Gasteiger partial charge in [0.05, 0.1) is 18.1 Å². The lowest BCUT2D eigenvalue weighted by Crippen LogP contribution is -2.50. The van der Waals surface area contributed by atoms with Crippen molar-refractivity contribution in [3.8, 4) is 0 Å². The van der Waals surface area contributed by atoms with Crippen LogP contribution in [0.1, 0.15) is 39.6 Å². The Labute approximate surface area is 207 Å². The fraction of sp³-hybridized carbons (Fsp3) is 0.455. The van der Waals surface area contributed by atoms with E-state index in [9.17, 15) is 22.8 Å². The standard InChI is InChI=1S/C22H28N4O7S2/c1-5-32-20(28)18-15(3)24(4)21(34-18)23-19(27)16-7-9-17(10-8-16)35(30,31)26-13-11-25(12-14-26)22(29)33-6-2/h7-10H,5-6,11-14H2,1-4H3. The zero-order valence-corrected chi connectivity index (χ0v) is 21.6. The predicted molar refractivity (Wildman–Crippen MR) is 128 cm³/mol. The van der Waals surface area contributed by atoms with Gasteiger partial charge in [0.25, 0.3) is 5.91 Å². The molecule has 190 valence electrons. The Balaban J connectivity index is 1.74. The number of thiazole rings is 1. The summed E-state index contributed by atoms with van der Waals surface area (Å²) in [6, 6.07) is 5.53. The molecule has 11 nitrogen and oxygen atoms in total. The molecule has 3 rings (SSSR count). The molecule has 0 spiro atoms. The number of nitrogens with zero attached hydrogens (tertiary/aromatic N) is 4. The summed E-state index contributed by atoms with van der Waals surface area (Å²) >= 11 is 1.05. The average Bonchev–Trinajstić information content (AvgIpc) is 3.13. The molecule has 0 aliphatic carbocycles. The zero-order valence-electron chi connectivity index (χ0n) is 20.0. The summed E-state index contributed by atoms with van der Waals surface area (Å²) in [4.78, 5) is 42.9. The topological polar surface area (TPSA) is 128 Å². The Bertz CT molecular complexity index is 1270. The predicted octanol–water partition coefficient (Wildman–Crippen LogP) is 1.78. The molecule has 0 bridgehead atoms. The van der Waals surface area contributed by atoms with Crippen molar-refractivity contribution in [2.75, 3.05) is 39.4 Å². The van der Waals surface area contributed by atoms with E-state index in [1.165, 1.54) is 33.5 Å². The monoisotopic (exact) mass is 524 g/mol. The lowest BCUT2D eigenvalue weighted by molar-refractivity contribution is 0.0530. The molecule has 13 heteroatoms. The van der Waals surface area contributed by atoms with E-state index in [4.69, 9.17) is 9.47 Å². The average molecular weight is 525 g/mol. The van der Waals surface area contributed by atoms with Crippen molar-refractivity contribution in [3.63, 3.8) is 0 Å². The number of esters is 1. The van der Waals surface area contributed by atoms with Crippen LogP contribution in [0, 0.1) is 6.92 Å². The van der Waals surface area contributed by atoms with Crippen LogP contribution in [0.2, 0.25) is 0 Å². The van der Waals surface area contributed by atoms with Crippen molar-refractivity contribution in [2.45, 2.75) is 25.7 Å². The van der Waals surface area contributed by atoms with Gasteiger partial charge in [-0.3, -0.25) is 4.79 Å². The molecule has 0 atom stereocenters. The third-order valence-corrected chi connectivity index (χ3v) is 8.60. The molecule has 0 saturated carbocycles. The smallest absolute Gasteiger partial charge is 0.409 e. The minimum absolute atomic E-state index is 0.0424. The molecule has 35 heavy (non-hydrogen) atoms. The Morgan fingerprint density at radius 3 is 2.17 bits per heavy atom. The van der Waals surface area contributed by atoms with Crippen LogP contribution in [0.25, 0.3) is 0 Å². The van der Waals surface area contributed by atoms with Crippen molar-refractivity contribution in [1.29, 1.82) is 0 Å². The molecule has 1 aromatic carbocycles. The first-order chi connectivity index (χ1) is 16.6. The SMILES string of the molecule is CCOC(=O)c1sc(=NC(=O)c2ccc(S(=O)(=O)N3CCN(C(=O)OCC)CC3)cc2)n(C)c1C. The summed E-state index contributed by atoms with van der Waals surface area (Å²) in [5, 5.41) is 0. The van der Waals surface area contributed by atoms with Gasteiger partial charge in [0.1, 0.15) is 4.88 Å². The van der Waals surface area contributed by atoms with Gasteiger partial charge in [-0.15, -0.1) is 0 Å². The first kappa shape index (κ1) is 26.6. The fourth-order valence-corrected chi connectivity index (χ4v) is 5.84. The van der Waals surface area contributed by atoms with E-state index in [-0.39, 0.29) is 49.9 Å². The van der Waals surface area contributed by atoms with Crippen molar-refractivity contribution < 1.29 is 32.3 Å². The van der Waals surface area contributed by atoms with Crippen molar-refractivity contribution in [3.05, 3.63) is 45.2 Å². The summed E-state index contributed by atoms with van der Waals surface area (Å²) in [5.74, 6) is -1.04. The summed E-state index contributed by atoms with van der Waals surface area (Å²) in [6.07, 6.45) is -0.458. The van der Waals surface area contributed by atoms with Crippen molar-refractivity contribution >= 4 is 39.3 Å². The highest BCUT2D eigenvalue weighted by molar-refractivity contribution is 7.89. The second kappa shape index (κ2) is 11.1. The number of ether oxygens (including phenoxy) is 2. The Morgan fingerprint density at radius 2 is 1.60 bits per heavy atom. The van der Waals surface area contributed by atoms with Gasteiger partial charge < -0.3 is 18.9 Å². The maximum Gasteiger partial charge on any atom is 0.409 e. The second-order valence-electron chi connectivity index (χ2n) is 7.61. The summed E-state index contributed by atoms with van der Waals surface area (Å²) < 4.78 is 38.9. The van der Waals surface area contributed by atoms with E-state index in [0.29, 0.717) is 15.4 Å². The largest absolute Gasteiger partial charge is 0.462 e. The van der Waals surface area contributed by atoms with Crippen LogP contribution >= 0.6 is 11.3 Å². The van der Waals surface area contributed by atoms with Crippen LogP contribution in [0.5, 0.6) is 0 Å². The molecule has 1 aliphatic rings. The van der Waals surface area contributed by atoms with Gasteiger partial charge in [-0.1, -0.05) is 11.3 Å². The zero-order chi connectivity index (χ0) is 25.8. The minimum Gasteiger partial charge on any atom is -0.462 e. The van der Waals surface area contributed by atoms with Crippen molar-refractivity contribution in [2.24, 2.45) is 12.0 Å². The number of hydrogen-bond acceptors (Lipinski definition) is 8. The first-order valence-electron chi connectivity index (χ1n) is 11.0. The summed E-state index contributed by atoms with van der Waals surface area (Å²) in [5.41, 5.74) is 0.837. The van der Waals surface area contributed by atoms with Gasteiger partial charge in [0, 0.05) is 44.5 Å². The maximum atomic E-state index is 13.0. The van der Waals surface area contributed by atoms with E-state index in [2.05, 4.69) is 4.99 Å². The summed E-state index contributed by atoms with van der Waals surface area (Å²) in [7, 11) is -2.10. The van der Waals surface area contributed by atoms with Crippen LogP contribution in [0.3, 0.4) is 0 Å². The second-order valence-corrected chi connectivity index (χ2v) is 10.5. The van der Waals surface area contributed by atoms with Crippen LogP contribution in [0.4, 0.5) is 4.79 Å². The van der Waals surface area contributed by atoms with E-state index in [1.54, 1.807) is 32.4 Å². The van der Waals surface area contributed by atoms with Crippen LogP contribution in [-0.2, 0) is 26.5 Å². The highest BCUT2D eigenvalue weighted by atomic mass is 32.2. The van der Waals surface area contributed by atoms with Gasteiger partial charge in [-0.05, 0) is 45.0 Å². The molecule has 2 heterocycles. The Hall–Kier alpha value is -3.03. The molecular formula is C22H28N4O7S2. The number of sulfonamides is 1. The van der Waals surface area contributed by atoms with Gasteiger partial charge in [0.2, 0.25) is 10.0 Å². The van der Waals surface area contributed by atoms with Crippen LogP contribution in [0.15, 0.2) is 34.2 Å². The molecule has 1 aromatic heterocycles. The fourth-order valence-electron chi connectivity index (χ4n) is 3.41. The molecule has 0 N–H and O–H groups in total. The molecule has 1 fully saturated rings. The number of carbonyl (C=O) groups excluding carboxylic acids is 3. The number of amides is 2. The number of piperazine rings is 1. The summed E-state index contributed by atoms with van der Waals surface area (Å²) in [6.45, 7) is 6.41. The van der Waals surface area contributed by atoms with E-state index in [1.807, 2.05) is 0 Å². The molecule has 0 unspecified atom stereocenters. The number of hydrogen-bond donors (Lipinski definition) is 0. The third kappa shape index (κ3) is 5.80. The Kier molecular flexibility index (Phi) is 8.46. The van der Waals surface area contributed by atoms with Crippen LogP contribution < -0.4 is 4.80 Å². The van der Waals surface area contributed by atoms with Crippen molar-refractivity contribution in [1.82, 2.24) is 13.8 Å². The number of aromatic nitrogens is 1. The van der Waals surface area contributed by atoms with Gasteiger partial charge >= 0.3 is 12.1 Å². The van der Waals surface area contributed by atoms with E-state index >= 15 is 0 Å². The first-order valence-corrected chi connectivity index (χ1v) is 13.3. The van der Waals surface area contributed by atoms with Gasteiger partial charge in [0.15, 0.2) is 4.80 Å². The number of carbonyl (C=O) groups is 3. The molecule has 2 amide bonds. The highest BCUT2D eigenvalue weighted by Crippen LogP contribution is 2.19. The van der Waals surface area contributed by atoms with Crippen LogP contribution in [-0.4, -0.2) is 79.6 Å². The highest BCUT2D eigenvalue weighted by Gasteiger charge is 2.30. The third-order valence-electron chi connectivity index (χ3n) is 5.47. The number of rotatable bonds is 6. The van der Waals surface area contributed by atoms with Gasteiger partial charge in [-0.2, -0.15) is 9.30 Å². The Morgan fingerprint density at radius 1 is 1.00 bits per heavy atom. The van der Waals surface area contributed by atoms with E-state index in [0.717, 1.165) is 11.3 Å². The normalized spacial score (nSPS) is 15.2. The molecular weight excluding hydrogens is 496 g/mol.